The van der Waals surface area contributed by atoms with Crippen LogP contribution in [-0.2, 0) is 16.6 Å². The maximum Gasteiger partial charge on any atom is 0.238 e. The maximum atomic E-state index is 11.1. The Morgan fingerprint density at radius 3 is 2.17 bits per heavy atom. The molecule has 0 fully saturated rings. The van der Waals surface area contributed by atoms with Crippen LogP contribution in [0.15, 0.2) is 53.4 Å². The maximum absolute atomic E-state index is 11.1. The molecule has 0 aliphatic carbocycles. The van der Waals surface area contributed by atoms with Crippen molar-refractivity contribution < 1.29 is 8.42 Å². The van der Waals surface area contributed by atoms with E-state index in [4.69, 9.17) is 10.9 Å². The van der Waals surface area contributed by atoms with Gasteiger partial charge in [0, 0.05) is 6.54 Å². The first-order valence-electron chi connectivity index (χ1n) is 5.43. The number of hydrogen-bond donors (Lipinski definition) is 2. The molecule has 0 saturated carbocycles. The van der Waals surface area contributed by atoms with Crippen molar-refractivity contribution in [1.29, 1.82) is 0 Å². The van der Waals surface area contributed by atoms with E-state index in [1.54, 1.807) is 12.1 Å². The van der Waals surface area contributed by atoms with Gasteiger partial charge >= 0.3 is 0 Å². The molecule has 0 spiro atoms. The van der Waals surface area contributed by atoms with E-state index in [0.717, 1.165) is 16.7 Å². The summed E-state index contributed by atoms with van der Waals surface area (Å²) < 4.78 is 22.3. The van der Waals surface area contributed by atoms with Crippen LogP contribution in [0.4, 0.5) is 0 Å². The molecule has 18 heavy (non-hydrogen) atoms. The molecule has 2 aromatic rings. The van der Waals surface area contributed by atoms with Gasteiger partial charge in [0.25, 0.3) is 0 Å². The fourth-order valence-corrected chi connectivity index (χ4v) is 2.23. The average Bonchev–Trinajstić information content (AvgIpc) is 2.38. The molecule has 0 atom stereocenters. The average molecular weight is 262 g/mol. The van der Waals surface area contributed by atoms with Gasteiger partial charge in [-0.05, 0) is 34.9 Å². The molecule has 2 aromatic carbocycles. The summed E-state index contributed by atoms with van der Waals surface area (Å²) in [4.78, 5) is 0.112. The molecule has 0 amide bonds. The van der Waals surface area contributed by atoms with Gasteiger partial charge in [-0.3, -0.25) is 0 Å². The number of rotatable bonds is 3. The van der Waals surface area contributed by atoms with Gasteiger partial charge < -0.3 is 5.73 Å². The van der Waals surface area contributed by atoms with E-state index >= 15 is 0 Å². The number of sulfonamides is 1. The highest BCUT2D eigenvalue weighted by Crippen LogP contribution is 2.21. The lowest BCUT2D eigenvalue weighted by molar-refractivity contribution is 0.598. The molecule has 0 aliphatic heterocycles. The Balaban J connectivity index is 2.40. The Morgan fingerprint density at radius 1 is 0.944 bits per heavy atom. The summed E-state index contributed by atoms with van der Waals surface area (Å²) in [5, 5.41) is 5.05. The summed E-state index contributed by atoms with van der Waals surface area (Å²) in [5.74, 6) is 0. The molecule has 4 nitrogen and oxygen atoms in total. The molecule has 0 saturated heterocycles. The first-order chi connectivity index (χ1) is 8.50. The second kappa shape index (κ2) is 4.89. The van der Waals surface area contributed by atoms with Gasteiger partial charge in [-0.2, -0.15) is 0 Å². The van der Waals surface area contributed by atoms with E-state index in [0.29, 0.717) is 6.54 Å². The van der Waals surface area contributed by atoms with Crippen molar-refractivity contribution in [2.75, 3.05) is 0 Å². The van der Waals surface area contributed by atoms with Crippen molar-refractivity contribution in [3.8, 4) is 11.1 Å². The Kier molecular flexibility index (Phi) is 3.47. The van der Waals surface area contributed by atoms with Gasteiger partial charge in [0.1, 0.15) is 0 Å². The van der Waals surface area contributed by atoms with Crippen molar-refractivity contribution in [3.63, 3.8) is 0 Å². The molecule has 0 aliphatic rings. The van der Waals surface area contributed by atoms with Crippen molar-refractivity contribution in [2.45, 2.75) is 11.4 Å². The van der Waals surface area contributed by atoms with Crippen LogP contribution in [0.3, 0.4) is 0 Å². The lowest BCUT2D eigenvalue weighted by Gasteiger charge is -2.05. The third-order valence-electron chi connectivity index (χ3n) is 2.68. The van der Waals surface area contributed by atoms with Crippen molar-refractivity contribution in [1.82, 2.24) is 0 Å². The van der Waals surface area contributed by atoms with Crippen LogP contribution in [0.1, 0.15) is 5.56 Å². The SMILES string of the molecule is NCc1cccc(-c2ccc(S(N)(=O)=O)cc2)c1. The van der Waals surface area contributed by atoms with Crippen LogP contribution in [0.5, 0.6) is 0 Å². The molecule has 0 bridgehead atoms. The molecule has 4 N–H and O–H groups in total. The molecule has 2 rings (SSSR count). The van der Waals surface area contributed by atoms with Gasteiger partial charge in [0.2, 0.25) is 10.0 Å². The van der Waals surface area contributed by atoms with Crippen LogP contribution in [-0.4, -0.2) is 8.42 Å². The third kappa shape index (κ3) is 2.76. The summed E-state index contributed by atoms with van der Waals surface area (Å²) in [6, 6.07) is 14.3. The lowest BCUT2D eigenvalue weighted by Crippen LogP contribution is -2.11. The third-order valence-corrected chi connectivity index (χ3v) is 3.61. The second-order valence-electron chi connectivity index (χ2n) is 3.97. The second-order valence-corrected chi connectivity index (χ2v) is 5.54. The smallest absolute Gasteiger partial charge is 0.238 e. The predicted molar refractivity (Wildman–Crippen MR) is 71.1 cm³/mol. The van der Waals surface area contributed by atoms with Gasteiger partial charge in [0.05, 0.1) is 4.90 Å². The fraction of sp³-hybridized carbons (Fsp3) is 0.0769. The highest BCUT2D eigenvalue weighted by atomic mass is 32.2. The van der Waals surface area contributed by atoms with Crippen molar-refractivity contribution in [2.24, 2.45) is 10.9 Å². The van der Waals surface area contributed by atoms with Gasteiger partial charge in [-0.1, -0.05) is 30.3 Å². The Morgan fingerprint density at radius 2 is 1.61 bits per heavy atom. The van der Waals surface area contributed by atoms with Crippen LogP contribution in [0, 0.1) is 0 Å². The van der Waals surface area contributed by atoms with Gasteiger partial charge in [-0.15, -0.1) is 0 Å². The molecular formula is C13H14N2O2S. The van der Waals surface area contributed by atoms with E-state index in [1.807, 2.05) is 24.3 Å². The quantitative estimate of drug-likeness (QED) is 0.878. The van der Waals surface area contributed by atoms with E-state index in [1.165, 1.54) is 12.1 Å². The van der Waals surface area contributed by atoms with Crippen LogP contribution in [0.2, 0.25) is 0 Å². The Labute approximate surface area is 106 Å². The molecule has 0 radical (unpaired) electrons. The van der Waals surface area contributed by atoms with Crippen LogP contribution in [0.25, 0.3) is 11.1 Å². The Bertz CT molecular complexity index is 649. The highest BCUT2D eigenvalue weighted by Gasteiger charge is 2.07. The summed E-state index contributed by atoms with van der Waals surface area (Å²) in [5.41, 5.74) is 8.54. The molecule has 0 unspecified atom stereocenters. The van der Waals surface area contributed by atoms with E-state index in [-0.39, 0.29) is 4.90 Å². The van der Waals surface area contributed by atoms with Gasteiger partial charge in [-0.25, -0.2) is 13.6 Å². The molecule has 5 heteroatoms. The first kappa shape index (κ1) is 12.8. The number of nitrogens with two attached hydrogens (primary N) is 2. The zero-order valence-electron chi connectivity index (χ0n) is 9.71. The minimum atomic E-state index is -3.63. The molecule has 94 valence electrons. The zero-order valence-corrected chi connectivity index (χ0v) is 10.5. The Hall–Kier alpha value is -1.69. The van der Waals surface area contributed by atoms with E-state index in [9.17, 15) is 8.42 Å². The largest absolute Gasteiger partial charge is 0.326 e. The van der Waals surface area contributed by atoms with Gasteiger partial charge in [0.15, 0.2) is 0 Å². The molecule has 0 aromatic heterocycles. The fourth-order valence-electron chi connectivity index (χ4n) is 1.71. The summed E-state index contributed by atoms with van der Waals surface area (Å²) >= 11 is 0. The lowest BCUT2D eigenvalue weighted by atomic mass is 10.0. The normalized spacial score (nSPS) is 11.4. The molecular weight excluding hydrogens is 248 g/mol. The first-order valence-corrected chi connectivity index (χ1v) is 6.97. The van der Waals surface area contributed by atoms with Crippen LogP contribution >= 0.6 is 0 Å². The number of hydrogen-bond acceptors (Lipinski definition) is 3. The zero-order chi connectivity index (χ0) is 13.2. The standard InChI is InChI=1S/C13H14N2O2S/c14-9-10-2-1-3-12(8-10)11-4-6-13(7-5-11)18(15,16)17/h1-8H,9,14H2,(H2,15,16,17). The van der Waals surface area contributed by atoms with Crippen molar-refractivity contribution >= 4 is 10.0 Å². The van der Waals surface area contributed by atoms with E-state index in [2.05, 4.69) is 0 Å². The minimum absolute atomic E-state index is 0.112. The summed E-state index contributed by atoms with van der Waals surface area (Å²) in [6.45, 7) is 0.475. The predicted octanol–water partition coefficient (Wildman–Crippen LogP) is 1.46. The molecule has 0 heterocycles. The number of benzene rings is 2. The van der Waals surface area contributed by atoms with Crippen molar-refractivity contribution in [3.05, 3.63) is 54.1 Å². The highest BCUT2D eigenvalue weighted by molar-refractivity contribution is 7.89. The van der Waals surface area contributed by atoms with E-state index < -0.39 is 10.0 Å². The minimum Gasteiger partial charge on any atom is -0.326 e. The summed E-state index contributed by atoms with van der Waals surface area (Å²) in [6.07, 6.45) is 0. The summed E-state index contributed by atoms with van der Waals surface area (Å²) in [7, 11) is -3.63. The number of primary sulfonamides is 1. The topological polar surface area (TPSA) is 86.2 Å². The van der Waals surface area contributed by atoms with Crippen LogP contribution < -0.4 is 10.9 Å². The monoisotopic (exact) mass is 262 g/mol.